The quantitative estimate of drug-likeness (QED) is 0.0329. The van der Waals surface area contributed by atoms with Gasteiger partial charge in [-0.05, 0) is 73.4 Å². The van der Waals surface area contributed by atoms with Gasteiger partial charge in [-0.15, -0.1) is 0 Å². The van der Waals surface area contributed by atoms with Crippen molar-refractivity contribution < 1.29 is 104 Å². The van der Waals surface area contributed by atoms with Crippen LogP contribution in [-0.4, -0.2) is 328 Å². The molecule has 1 amide bonds. The molecule has 494 valence electrons. The van der Waals surface area contributed by atoms with Crippen LogP contribution in [0.2, 0.25) is 12.1 Å². The molecule has 0 aromatic heterocycles. The number of ether oxygens (including phenoxy) is 11. The Kier molecular flexibility index (Phi) is 44.7. The molecule has 0 bridgehead atoms. The number of ketones is 1. The molecule has 4 heterocycles. The van der Waals surface area contributed by atoms with Crippen molar-refractivity contribution in [2.45, 2.75) is 124 Å². The Hall–Kier alpha value is -0.545. The second-order valence-corrected chi connectivity index (χ2v) is 28.5. The molecular formula is C49H97B7N5O22P4-3. The van der Waals surface area contributed by atoms with Crippen LogP contribution in [0, 0.1) is 5.92 Å². The van der Waals surface area contributed by atoms with Crippen LogP contribution >= 0.6 is 29.8 Å². The standard InChI is InChI=1S/C10H20BO7P.C9H15BO2.C8H18BN2O3P.C8H15BN2O2.C7H16B2O4P.C7H15BNO4P/c1-15-6-7-8(18-19(2,13)14)9(10(11)17-7)16-5-3-4-12;1-11-6-7-3-4-8(10)5-9(7)12-2;1-10(2)15(4,12)11-5-7(9)14-8(6-11)13-3;1-7(12)6-11(4-3-10-2)8(13)5-9;1-11-4-6-5(3-7(8)12-6)13-14(2,9)10;1-12-4-6-5(3-7(8)13-6)9-14(2,10)11/h7-10,12H,3-6H2,1-2H3,(H,13,14);3-4,7-9H,5-6H2,1-2H3;7-8H,5-6H2,1-4H3;10H,3-6H2,1-2H3;5-7H,3-4H2,1-2,9H3;5-7H,3-4H2,1-2H3,(H2,9,10,11)/q;;;;-1;/p-2/t7-,8+,9?,10-;7?,8-,9?;;;5-,6-,7-,14?;5-,6-,7-/m10..11/s1. The first-order chi connectivity index (χ1) is 40.5. The van der Waals surface area contributed by atoms with Gasteiger partial charge in [-0.25, -0.2) is 9.34 Å². The molecule has 3 N–H and O–H groups in total. The number of methoxy groups -OCH3 is 6. The third-order valence-electron chi connectivity index (χ3n) is 12.9. The van der Waals surface area contributed by atoms with Crippen LogP contribution in [0.15, 0.2) is 12.2 Å². The molecule has 19 atom stereocenters. The molecule has 0 aromatic carbocycles. The predicted molar refractivity (Wildman–Crippen MR) is 338 cm³/mol. The van der Waals surface area contributed by atoms with Crippen LogP contribution in [0.4, 0.5) is 0 Å². The van der Waals surface area contributed by atoms with E-state index in [2.05, 4.69) is 16.5 Å². The highest BCUT2D eigenvalue weighted by Gasteiger charge is 2.45. The SMILES string of the molecule is [B]C1CN(P(C)(=O)N(C)C)CC(OC)O1.[B]CC(=O)N(CCNC)CC(C)=O.[B][C@@H]1O[C@H](COC)[C@H](OP(C)(=O)[O-])C1OCCCO.[B][C@H]1C=CC(COC)C(OC)C1.[B][C@H]1C[C@@H](NP(C)(=O)[O-])[C@@H](COC)O1.[B][C@H]1C[C@@H](OP([BH3-])(C)=O)[C@@H](COC)O1. The summed E-state index contributed by atoms with van der Waals surface area (Å²) in [6.45, 7) is 11.1. The summed E-state index contributed by atoms with van der Waals surface area (Å²) in [6.07, 6.45) is 3.50. The van der Waals surface area contributed by atoms with Crippen LogP contribution in [0.3, 0.4) is 0 Å². The third-order valence-corrected chi connectivity index (χ3v) is 17.7. The summed E-state index contributed by atoms with van der Waals surface area (Å²) in [6, 6.07) is -2.25. The molecule has 0 saturated carbocycles. The monoisotopic (exact) mass is 1310 g/mol. The van der Waals surface area contributed by atoms with Crippen LogP contribution in [0.5, 0.6) is 0 Å². The molecule has 1 aliphatic carbocycles. The molecule has 9 unspecified atom stereocenters. The minimum absolute atomic E-state index is 0.0241. The number of amides is 1. The zero-order valence-electron chi connectivity index (χ0n) is 52.7. The second-order valence-electron chi connectivity index (χ2n) is 20.7. The number of rotatable bonds is 28. The molecule has 38 heteroatoms. The van der Waals surface area contributed by atoms with Gasteiger partial charge in [-0.1, -0.05) is 18.0 Å². The summed E-state index contributed by atoms with van der Waals surface area (Å²) in [4.78, 5) is 45.7. The Morgan fingerprint density at radius 3 is 1.82 bits per heavy atom. The number of hydrogen-bond acceptors (Lipinski definition) is 23. The van der Waals surface area contributed by atoms with Crippen molar-refractivity contribution in [2.75, 3.05) is 163 Å². The molecule has 4 saturated heterocycles. The van der Waals surface area contributed by atoms with Crippen LogP contribution < -0.4 is 20.2 Å². The topological polar surface area (TPSA) is 323 Å². The summed E-state index contributed by atoms with van der Waals surface area (Å²) in [5.74, 6) is 0.284. The number of likely N-dealkylation sites (N-methyl/N-ethyl adjacent to an activating group) is 1. The first kappa shape index (κ1) is 86.5. The Morgan fingerprint density at radius 1 is 0.747 bits per heavy atom. The van der Waals surface area contributed by atoms with Gasteiger partial charge in [0.1, 0.15) is 69.2 Å². The summed E-state index contributed by atoms with van der Waals surface area (Å²) in [5.41, 5.74) is 0. The lowest BCUT2D eigenvalue weighted by molar-refractivity contribution is -0.205. The van der Waals surface area contributed by atoms with E-state index in [4.69, 9.17) is 113 Å². The van der Waals surface area contributed by atoms with E-state index in [1.165, 1.54) is 26.0 Å². The number of Topliss-reactive ketones (excluding diaryl/α,β-unsaturated/α-hetero) is 1. The van der Waals surface area contributed by atoms with Crippen molar-refractivity contribution in [3.8, 4) is 0 Å². The van der Waals surface area contributed by atoms with E-state index >= 15 is 0 Å². The number of carbonyl (C=O) groups is 2. The molecule has 5 aliphatic rings. The molecule has 27 nitrogen and oxygen atoms in total. The highest BCUT2D eigenvalue weighted by Crippen LogP contribution is 2.48. The molecule has 5 rings (SSSR count). The number of allylic oxidation sites excluding steroid dienone is 1. The van der Waals surface area contributed by atoms with Gasteiger partial charge >= 0.3 is 0 Å². The summed E-state index contributed by atoms with van der Waals surface area (Å²) >= 11 is 0. The van der Waals surface area contributed by atoms with Crippen LogP contribution in [-0.2, 0) is 89.0 Å². The highest BCUT2D eigenvalue weighted by atomic mass is 31.2. The number of morpholine rings is 1. The lowest BCUT2D eigenvalue weighted by Crippen LogP contribution is -2.48. The fourth-order valence-electron chi connectivity index (χ4n) is 8.69. The van der Waals surface area contributed by atoms with Crippen molar-refractivity contribution >= 4 is 96.1 Å². The maximum absolute atomic E-state index is 12.4. The van der Waals surface area contributed by atoms with E-state index in [0.717, 1.165) is 19.8 Å². The van der Waals surface area contributed by atoms with Gasteiger partial charge < -0.3 is 100.0 Å². The minimum Gasteiger partial charge on any atom is -0.788 e. The van der Waals surface area contributed by atoms with Gasteiger partial charge in [-0.3, -0.25) is 19.2 Å². The molecular weight excluding hydrogens is 1210 g/mol. The van der Waals surface area contributed by atoms with Crippen molar-refractivity contribution in [2.24, 2.45) is 5.92 Å². The van der Waals surface area contributed by atoms with Crippen molar-refractivity contribution in [3.05, 3.63) is 12.2 Å². The van der Waals surface area contributed by atoms with Gasteiger partial charge in [0.25, 0.3) is 0 Å². The van der Waals surface area contributed by atoms with Gasteiger partial charge in [0.15, 0.2) is 6.29 Å². The fraction of sp³-hybridized carbons (Fsp3) is 0.918. The van der Waals surface area contributed by atoms with E-state index < -0.39 is 72.4 Å². The largest absolute Gasteiger partial charge is 0.788 e. The van der Waals surface area contributed by atoms with E-state index in [9.17, 15) is 37.6 Å². The number of carbonyl (C=O) groups excluding carboxylic acids is 2. The van der Waals surface area contributed by atoms with Crippen molar-refractivity contribution in [3.63, 3.8) is 0 Å². The second kappa shape index (κ2) is 44.9. The number of nitrogens with zero attached hydrogens (tertiary/aromatic N) is 3. The van der Waals surface area contributed by atoms with Crippen LogP contribution in [0.25, 0.3) is 0 Å². The lowest BCUT2D eigenvalue weighted by Gasteiger charge is -2.41. The highest BCUT2D eigenvalue weighted by molar-refractivity contribution is 7.82. The summed E-state index contributed by atoms with van der Waals surface area (Å²) in [5, 5.41) is 14.1. The zero-order valence-corrected chi connectivity index (χ0v) is 56.3. The lowest BCUT2D eigenvalue weighted by atomic mass is 9.75. The van der Waals surface area contributed by atoms with E-state index in [1.807, 2.05) is 10.7 Å². The third kappa shape index (κ3) is 37.2. The zero-order chi connectivity index (χ0) is 66.9. The normalized spacial score (nSPS) is 31.4. The summed E-state index contributed by atoms with van der Waals surface area (Å²) in [7, 11) is 36.1. The first-order valence-corrected chi connectivity index (χ1v) is 35.5. The molecule has 4 fully saturated rings. The number of nitrogens with one attached hydrogen (secondary N) is 2. The molecule has 12 radical (unpaired) electrons. The maximum atomic E-state index is 12.4. The van der Waals surface area contributed by atoms with E-state index in [-0.39, 0.29) is 94.2 Å². The molecule has 4 aliphatic heterocycles. The fourth-order valence-corrected chi connectivity index (χ4v) is 12.3. The maximum Gasteiger partial charge on any atom is 0.214 e. The predicted octanol–water partition coefficient (Wildman–Crippen LogP) is -2.03. The molecule has 87 heavy (non-hydrogen) atoms. The van der Waals surface area contributed by atoms with Gasteiger partial charge in [0, 0.05) is 132 Å². The average Bonchev–Trinajstić information content (AvgIpc) is 2.30. The number of hydrogen-bond donors (Lipinski definition) is 3. The molecule has 0 spiro atoms. The van der Waals surface area contributed by atoms with E-state index in [0.29, 0.717) is 71.2 Å². The Balaban J connectivity index is 0.00000103. The smallest absolute Gasteiger partial charge is 0.214 e. The van der Waals surface area contributed by atoms with E-state index in [1.54, 1.807) is 67.6 Å². The van der Waals surface area contributed by atoms with Crippen molar-refractivity contribution in [1.29, 1.82) is 0 Å². The Bertz CT molecular complexity index is 2070. The Morgan fingerprint density at radius 2 is 1.32 bits per heavy atom. The summed E-state index contributed by atoms with van der Waals surface area (Å²) < 4.78 is 117. The number of aliphatic hydroxyl groups is 1. The van der Waals surface area contributed by atoms with Gasteiger partial charge in [-0.2, -0.15) is 0 Å². The Labute approximate surface area is 527 Å². The van der Waals surface area contributed by atoms with Gasteiger partial charge in [0.2, 0.25) is 13.4 Å². The minimum atomic E-state index is -3.95. The average molecular weight is 1310 g/mol. The van der Waals surface area contributed by atoms with Gasteiger partial charge in [0.05, 0.1) is 88.6 Å². The van der Waals surface area contributed by atoms with Crippen molar-refractivity contribution in [1.82, 2.24) is 24.6 Å². The first-order valence-electron chi connectivity index (χ1n) is 27.8. The van der Waals surface area contributed by atoms with Crippen LogP contribution in [0.1, 0.15) is 32.6 Å². The molecule has 0 aromatic rings. The number of aliphatic hydroxyl groups excluding tert-OH is 1.